The molecule has 0 aliphatic carbocycles. The highest BCUT2D eigenvalue weighted by Gasteiger charge is 2.22. The van der Waals surface area contributed by atoms with Crippen LogP contribution in [-0.4, -0.2) is 41.5 Å². The van der Waals surface area contributed by atoms with Crippen LogP contribution in [0.2, 0.25) is 0 Å². The summed E-state index contributed by atoms with van der Waals surface area (Å²) in [5.41, 5.74) is 3.12. The van der Waals surface area contributed by atoms with E-state index in [1.54, 1.807) is 31.0 Å². The summed E-state index contributed by atoms with van der Waals surface area (Å²) in [4.78, 5) is 30.1. The summed E-state index contributed by atoms with van der Waals surface area (Å²) in [5.74, 6) is -1.00. The maximum absolute atomic E-state index is 12.6. The third-order valence-corrected chi connectivity index (χ3v) is 4.78. The van der Waals surface area contributed by atoms with Gasteiger partial charge in [-0.3, -0.25) is 9.88 Å². The van der Waals surface area contributed by atoms with Crippen LogP contribution in [0.25, 0.3) is 10.9 Å². The van der Waals surface area contributed by atoms with E-state index < -0.39 is 18.2 Å². The van der Waals surface area contributed by atoms with Gasteiger partial charge in [0.25, 0.3) is 0 Å². The van der Waals surface area contributed by atoms with Crippen LogP contribution in [-0.2, 0) is 27.2 Å². The second-order valence-corrected chi connectivity index (χ2v) is 7.44. The Morgan fingerprint density at radius 3 is 2.52 bits per heavy atom. The molecule has 1 aromatic heterocycles. The van der Waals surface area contributed by atoms with Crippen molar-refractivity contribution in [3.05, 3.63) is 71.9 Å². The van der Waals surface area contributed by atoms with Crippen LogP contribution in [0.1, 0.15) is 25.0 Å². The Bertz CT molecular complexity index is 1060. The summed E-state index contributed by atoms with van der Waals surface area (Å²) in [5, 5.41) is 10.3. The number of nitrogens with zero attached hydrogens (tertiary/aromatic N) is 2. The lowest BCUT2D eigenvalue weighted by Gasteiger charge is -2.23. The quantitative estimate of drug-likeness (QED) is 0.578. The van der Waals surface area contributed by atoms with Gasteiger partial charge < -0.3 is 14.6 Å². The number of carboxylic acid groups (broad SMARTS) is 1. The third kappa shape index (κ3) is 5.58. The summed E-state index contributed by atoms with van der Waals surface area (Å²) in [6.45, 7) is 3.87. The number of hydrogen-bond donors (Lipinski definition) is 1. The Hall–Kier alpha value is -3.45. The molecule has 162 valence electrons. The Labute approximate surface area is 181 Å². The molecular formula is C24H26N2O5. The van der Waals surface area contributed by atoms with Gasteiger partial charge in [0.05, 0.1) is 31.0 Å². The molecule has 1 N–H and O–H groups in total. The molecule has 1 heterocycles. The topological polar surface area (TPSA) is 89.0 Å². The van der Waals surface area contributed by atoms with Gasteiger partial charge in [0.1, 0.15) is 0 Å². The van der Waals surface area contributed by atoms with Crippen LogP contribution in [0, 0.1) is 0 Å². The Morgan fingerprint density at radius 2 is 1.81 bits per heavy atom. The minimum atomic E-state index is -1.00. The number of carboxylic acids is 1. The van der Waals surface area contributed by atoms with E-state index in [1.807, 2.05) is 48.5 Å². The molecule has 0 radical (unpaired) electrons. The summed E-state index contributed by atoms with van der Waals surface area (Å²) >= 11 is 0. The number of fused-ring (bicyclic) bond motifs is 1. The number of carbonyl (C=O) groups excluding carboxylic acids is 1. The van der Waals surface area contributed by atoms with Gasteiger partial charge in [-0.2, -0.15) is 0 Å². The summed E-state index contributed by atoms with van der Waals surface area (Å²) in [6.07, 6.45) is 0.270. The molecule has 7 heteroatoms. The minimum absolute atomic E-state index is 0.195. The van der Waals surface area contributed by atoms with E-state index in [2.05, 4.69) is 4.98 Å². The molecule has 0 saturated carbocycles. The van der Waals surface area contributed by atoms with Crippen molar-refractivity contribution in [3.8, 4) is 0 Å². The number of ether oxygens (including phenoxy) is 2. The highest BCUT2D eigenvalue weighted by atomic mass is 16.5. The number of carbonyl (C=O) groups is 2. The van der Waals surface area contributed by atoms with E-state index in [0.29, 0.717) is 5.69 Å². The van der Waals surface area contributed by atoms with Gasteiger partial charge in [-0.05, 0) is 37.1 Å². The fourth-order valence-electron chi connectivity index (χ4n) is 3.45. The number of benzene rings is 2. The van der Waals surface area contributed by atoms with E-state index >= 15 is 0 Å². The number of para-hydroxylation sites is 1. The lowest BCUT2D eigenvalue weighted by atomic mass is 10.0. The molecular weight excluding hydrogens is 396 g/mol. The maximum atomic E-state index is 12.6. The van der Waals surface area contributed by atoms with Crippen LogP contribution < -0.4 is 4.90 Å². The molecule has 0 saturated heterocycles. The van der Waals surface area contributed by atoms with E-state index in [0.717, 1.165) is 22.0 Å². The van der Waals surface area contributed by atoms with Crippen molar-refractivity contribution >= 4 is 28.7 Å². The first-order valence-electron chi connectivity index (χ1n) is 10.0. The van der Waals surface area contributed by atoms with Crippen molar-refractivity contribution in [2.24, 2.45) is 0 Å². The Kier molecular flexibility index (Phi) is 7.20. The highest BCUT2D eigenvalue weighted by molar-refractivity contribution is 5.99. The zero-order valence-electron chi connectivity index (χ0n) is 17.8. The predicted octanol–water partition coefficient (Wildman–Crippen LogP) is 4.43. The average Bonchev–Trinajstić information content (AvgIpc) is 2.76. The molecule has 3 aromatic rings. The molecule has 1 amide bonds. The molecule has 31 heavy (non-hydrogen) atoms. The zero-order chi connectivity index (χ0) is 22.4. The molecule has 2 aromatic carbocycles. The number of rotatable bonds is 8. The molecule has 0 bridgehead atoms. The number of pyridine rings is 1. The van der Waals surface area contributed by atoms with E-state index in [-0.39, 0.29) is 19.1 Å². The van der Waals surface area contributed by atoms with Gasteiger partial charge >= 0.3 is 12.1 Å². The fraction of sp³-hybridized carbons (Fsp3) is 0.292. The van der Waals surface area contributed by atoms with E-state index in [9.17, 15) is 14.7 Å². The second kappa shape index (κ2) is 10.0. The number of aliphatic carboxylic acids is 1. The van der Waals surface area contributed by atoms with Gasteiger partial charge in [0.2, 0.25) is 0 Å². The van der Waals surface area contributed by atoms with Gasteiger partial charge in [0.15, 0.2) is 6.10 Å². The Balaban J connectivity index is 1.90. The SMILES string of the molecule is COC(=O)N(Cc1cccc(C[C@H](OC(C)C)C(=O)O)c1)c1ccnc2ccccc12. The summed E-state index contributed by atoms with van der Waals surface area (Å²) < 4.78 is 10.5. The summed E-state index contributed by atoms with van der Waals surface area (Å²) in [6, 6.07) is 16.8. The van der Waals surface area contributed by atoms with Crippen LogP contribution in [0.15, 0.2) is 60.8 Å². The van der Waals surface area contributed by atoms with Gasteiger partial charge in [0, 0.05) is 18.0 Å². The van der Waals surface area contributed by atoms with Crippen LogP contribution in [0.5, 0.6) is 0 Å². The lowest BCUT2D eigenvalue weighted by molar-refractivity contribution is -0.153. The molecule has 0 unspecified atom stereocenters. The number of amides is 1. The standard InChI is InChI=1S/C24H26N2O5/c1-16(2)31-22(23(27)28)14-17-7-6-8-18(13-17)15-26(24(29)30-3)21-11-12-25-20-10-5-4-9-19(20)21/h4-13,16,22H,14-15H2,1-3H3,(H,27,28)/t22-/m0/s1. The fourth-order valence-corrected chi connectivity index (χ4v) is 3.45. The largest absolute Gasteiger partial charge is 0.479 e. The Morgan fingerprint density at radius 1 is 1.06 bits per heavy atom. The van der Waals surface area contributed by atoms with Crippen LogP contribution in [0.3, 0.4) is 0 Å². The molecule has 0 aliphatic heterocycles. The van der Waals surface area contributed by atoms with Crippen LogP contribution in [0.4, 0.5) is 10.5 Å². The van der Waals surface area contributed by atoms with Crippen molar-refractivity contribution in [1.82, 2.24) is 4.98 Å². The third-order valence-electron chi connectivity index (χ3n) is 4.78. The van der Waals surface area contributed by atoms with Crippen molar-refractivity contribution in [2.45, 2.75) is 39.0 Å². The van der Waals surface area contributed by atoms with Crippen molar-refractivity contribution in [2.75, 3.05) is 12.0 Å². The molecule has 1 atom stereocenters. The first-order chi connectivity index (χ1) is 14.9. The molecule has 0 spiro atoms. The zero-order valence-corrected chi connectivity index (χ0v) is 17.8. The van der Waals surface area contributed by atoms with Gasteiger partial charge in [-0.15, -0.1) is 0 Å². The highest BCUT2D eigenvalue weighted by Crippen LogP contribution is 2.27. The average molecular weight is 422 g/mol. The smallest absolute Gasteiger partial charge is 0.414 e. The van der Waals surface area contributed by atoms with Gasteiger partial charge in [-0.1, -0.05) is 42.5 Å². The molecule has 0 fully saturated rings. The first kappa shape index (κ1) is 22.2. The monoisotopic (exact) mass is 422 g/mol. The normalized spacial score (nSPS) is 12.0. The number of anilines is 1. The number of hydrogen-bond acceptors (Lipinski definition) is 5. The maximum Gasteiger partial charge on any atom is 0.414 e. The number of aromatic nitrogens is 1. The second-order valence-electron chi connectivity index (χ2n) is 7.44. The van der Waals surface area contributed by atoms with Crippen molar-refractivity contribution < 1.29 is 24.2 Å². The first-order valence-corrected chi connectivity index (χ1v) is 10.0. The minimum Gasteiger partial charge on any atom is -0.479 e. The van der Waals surface area contributed by atoms with Crippen molar-refractivity contribution in [3.63, 3.8) is 0 Å². The van der Waals surface area contributed by atoms with E-state index in [1.165, 1.54) is 7.11 Å². The number of methoxy groups -OCH3 is 1. The van der Waals surface area contributed by atoms with Gasteiger partial charge in [-0.25, -0.2) is 9.59 Å². The van der Waals surface area contributed by atoms with Crippen LogP contribution >= 0.6 is 0 Å². The molecule has 3 rings (SSSR count). The predicted molar refractivity (Wildman–Crippen MR) is 118 cm³/mol. The lowest BCUT2D eigenvalue weighted by Crippen LogP contribution is -2.31. The molecule has 0 aliphatic rings. The van der Waals surface area contributed by atoms with E-state index in [4.69, 9.17) is 9.47 Å². The summed E-state index contributed by atoms with van der Waals surface area (Å²) in [7, 11) is 1.34. The van der Waals surface area contributed by atoms with Crippen molar-refractivity contribution in [1.29, 1.82) is 0 Å². The molecule has 7 nitrogen and oxygen atoms in total.